The van der Waals surface area contributed by atoms with E-state index in [0.29, 0.717) is 55.9 Å². The zero-order valence-corrected chi connectivity index (χ0v) is 22.4. The molecule has 9 heteroatoms. The maximum Gasteiger partial charge on any atom is 0.251 e. The Bertz CT molecular complexity index is 1870. The topological polar surface area (TPSA) is 118 Å². The van der Waals surface area contributed by atoms with Crippen molar-refractivity contribution < 1.29 is 22.4 Å². The van der Waals surface area contributed by atoms with Crippen LogP contribution in [0.25, 0.3) is 11.0 Å². The van der Waals surface area contributed by atoms with Crippen LogP contribution in [-0.4, -0.2) is 37.4 Å². The maximum absolute atomic E-state index is 13.6. The average molecular weight is 540 g/mol. The number of pyridine rings is 1. The lowest BCUT2D eigenvalue weighted by atomic mass is 9.71. The van der Waals surface area contributed by atoms with Crippen molar-refractivity contribution in [3.05, 3.63) is 94.0 Å². The number of amides is 1. The summed E-state index contributed by atoms with van der Waals surface area (Å²) in [6.07, 6.45) is 4.67. The van der Waals surface area contributed by atoms with Gasteiger partial charge in [0.25, 0.3) is 5.91 Å². The minimum atomic E-state index is -3.47. The van der Waals surface area contributed by atoms with Gasteiger partial charge in [-0.05, 0) is 86.7 Å². The molecule has 2 aromatic heterocycles. The van der Waals surface area contributed by atoms with Crippen molar-refractivity contribution in [3.63, 3.8) is 0 Å². The monoisotopic (exact) mass is 539 g/mol. The van der Waals surface area contributed by atoms with E-state index in [1.54, 1.807) is 42.6 Å². The summed E-state index contributed by atoms with van der Waals surface area (Å²) in [5, 5.41) is 3.65. The Morgan fingerprint density at radius 2 is 1.87 bits per heavy atom. The number of furan rings is 1. The fourth-order valence-electron chi connectivity index (χ4n) is 4.91. The molecule has 2 aliphatic rings. The van der Waals surface area contributed by atoms with E-state index < -0.39 is 15.4 Å². The average Bonchev–Trinajstić information content (AvgIpc) is 3.61. The molecule has 1 fully saturated rings. The number of nitrogens with one attached hydrogen (secondary N) is 2. The number of carbonyl (C=O) groups is 2. The predicted molar refractivity (Wildman–Crippen MR) is 147 cm³/mol. The third-order valence-electron chi connectivity index (χ3n) is 7.00. The molecule has 2 N–H and O–H groups in total. The Labute approximate surface area is 225 Å². The Morgan fingerprint density at radius 3 is 2.62 bits per heavy atom. The van der Waals surface area contributed by atoms with Crippen LogP contribution in [0.1, 0.15) is 75.5 Å². The predicted octanol–water partition coefficient (Wildman–Crippen LogP) is 4.36. The molecule has 1 amide bonds. The third kappa shape index (κ3) is 4.68. The van der Waals surface area contributed by atoms with Crippen LogP contribution in [0.5, 0.6) is 0 Å². The molecule has 39 heavy (non-hydrogen) atoms. The summed E-state index contributed by atoms with van der Waals surface area (Å²) < 4.78 is 32.2. The van der Waals surface area contributed by atoms with E-state index in [-0.39, 0.29) is 17.7 Å². The van der Waals surface area contributed by atoms with E-state index >= 15 is 0 Å². The minimum absolute atomic E-state index is 0.127. The van der Waals surface area contributed by atoms with E-state index in [9.17, 15) is 18.0 Å². The van der Waals surface area contributed by atoms with Crippen molar-refractivity contribution in [3.8, 4) is 11.8 Å². The minimum Gasteiger partial charge on any atom is -0.459 e. The number of hydrogen-bond acceptors (Lipinski definition) is 6. The number of rotatable bonds is 4. The van der Waals surface area contributed by atoms with Gasteiger partial charge in [0.1, 0.15) is 17.0 Å². The molecule has 0 saturated heterocycles. The molecule has 2 aromatic carbocycles. The first kappa shape index (κ1) is 24.9. The van der Waals surface area contributed by atoms with Crippen LogP contribution in [0.3, 0.4) is 0 Å². The number of fused-ring (bicyclic) bond motifs is 4. The van der Waals surface area contributed by atoms with Gasteiger partial charge in [0.15, 0.2) is 5.78 Å². The van der Waals surface area contributed by atoms with Gasteiger partial charge in [-0.25, -0.2) is 13.4 Å². The van der Waals surface area contributed by atoms with E-state index in [1.165, 1.54) is 0 Å². The molecular formula is C30H25N3O5S. The molecule has 0 unspecified atom stereocenters. The van der Waals surface area contributed by atoms with Gasteiger partial charge in [0.05, 0.1) is 11.8 Å². The van der Waals surface area contributed by atoms with Gasteiger partial charge < -0.3 is 9.73 Å². The maximum atomic E-state index is 13.6. The normalized spacial score (nSPS) is 15.6. The summed E-state index contributed by atoms with van der Waals surface area (Å²) >= 11 is 0. The molecule has 0 aliphatic heterocycles. The summed E-state index contributed by atoms with van der Waals surface area (Å²) in [6.45, 7) is 3.89. The Hall–Kier alpha value is -4.42. The van der Waals surface area contributed by atoms with Gasteiger partial charge >= 0.3 is 0 Å². The molecular weight excluding hydrogens is 514 g/mol. The molecule has 1 saturated carbocycles. The zero-order chi connectivity index (χ0) is 27.5. The van der Waals surface area contributed by atoms with E-state index in [0.717, 1.165) is 19.1 Å². The van der Waals surface area contributed by atoms with Crippen molar-refractivity contribution in [2.75, 3.05) is 11.0 Å². The molecule has 2 heterocycles. The summed E-state index contributed by atoms with van der Waals surface area (Å²) in [5.74, 6) is 6.31. The second-order valence-corrected chi connectivity index (χ2v) is 12.3. The van der Waals surface area contributed by atoms with Crippen LogP contribution in [0, 0.1) is 11.8 Å². The number of anilines is 1. The summed E-state index contributed by atoms with van der Waals surface area (Å²) in [5.41, 5.74) is 3.59. The summed E-state index contributed by atoms with van der Waals surface area (Å²) in [6, 6.07) is 14.0. The fraction of sp³-hybridized carbons (Fsp3) is 0.233. The number of nitrogens with zero attached hydrogens (tertiary/aromatic N) is 1. The Balaban J connectivity index is 1.34. The van der Waals surface area contributed by atoms with Gasteiger partial charge in [-0.15, -0.1) is 0 Å². The van der Waals surface area contributed by atoms with Crippen molar-refractivity contribution >= 4 is 38.4 Å². The van der Waals surface area contributed by atoms with Crippen LogP contribution in [0.4, 0.5) is 5.69 Å². The lowest BCUT2D eigenvalue weighted by Gasteiger charge is -2.31. The number of hydrogen-bond donors (Lipinski definition) is 2. The van der Waals surface area contributed by atoms with Gasteiger partial charge in [-0.2, -0.15) is 0 Å². The number of aromatic nitrogens is 1. The first-order valence-electron chi connectivity index (χ1n) is 12.5. The van der Waals surface area contributed by atoms with E-state index in [2.05, 4.69) is 26.9 Å². The van der Waals surface area contributed by atoms with Gasteiger partial charge in [-0.1, -0.05) is 5.92 Å². The second-order valence-electron chi connectivity index (χ2n) is 10.5. The van der Waals surface area contributed by atoms with Crippen LogP contribution in [-0.2, 0) is 15.4 Å². The lowest BCUT2D eigenvalue weighted by Crippen LogP contribution is -2.29. The molecule has 0 spiro atoms. The largest absolute Gasteiger partial charge is 0.459 e. The molecule has 196 valence electrons. The number of benzene rings is 2. The number of ketones is 1. The van der Waals surface area contributed by atoms with E-state index in [1.807, 2.05) is 26.0 Å². The standard InChI is InChI=1S/C30H25N3O5S/c1-30(2)24-16-21(33-39(3,36)37)9-11-22(24)27(34)26-23-10-5-17(14-25(23)38-28(26)30)4-6-20-15-18(12-13-31-20)29(35)32-19-7-8-19/h5,9-16,19,33H,7-8H2,1-3H3,(H,32,35). The molecule has 6 rings (SSSR count). The second kappa shape index (κ2) is 8.82. The van der Waals surface area contributed by atoms with E-state index in [4.69, 9.17) is 4.42 Å². The van der Waals surface area contributed by atoms with Crippen molar-refractivity contribution in [1.82, 2.24) is 10.3 Å². The van der Waals surface area contributed by atoms with Crippen LogP contribution in [0.15, 0.2) is 59.1 Å². The highest BCUT2D eigenvalue weighted by Gasteiger charge is 2.41. The molecule has 0 radical (unpaired) electrons. The zero-order valence-electron chi connectivity index (χ0n) is 21.6. The highest BCUT2D eigenvalue weighted by atomic mass is 32.2. The molecule has 0 bridgehead atoms. The summed E-state index contributed by atoms with van der Waals surface area (Å²) in [7, 11) is -3.47. The highest BCUT2D eigenvalue weighted by molar-refractivity contribution is 7.92. The number of carbonyl (C=O) groups excluding carboxylic acids is 2. The van der Waals surface area contributed by atoms with Crippen LogP contribution >= 0.6 is 0 Å². The first-order chi connectivity index (χ1) is 18.5. The highest BCUT2D eigenvalue weighted by Crippen LogP contribution is 2.46. The van der Waals surface area contributed by atoms with Crippen LogP contribution in [0.2, 0.25) is 0 Å². The summed E-state index contributed by atoms with van der Waals surface area (Å²) in [4.78, 5) is 30.2. The van der Waals surface area contributed by atoms with Crippen molar-refractivity contribution in [2.45, 2.75) is 38.1 Å². The van der Waals surface area contributed by atoms with Crippen molar-refractivity contribution in [2.24, 2.45) is 0 Å². The fourth-order valence-corrected chi connectivity index (χ4v) is 5.46. The molecule has 4 aromatic rings. The SMILES string of the molecule is CC1(C)c2cc(NS(C)(=O)=O)ccc2C(=O)c2c1oc1cc(C#Cc3cc(C(=O)NC4CC4)ccn3)ccc21. The Kier molecular flexibility index (Phi) is 5.63. The first-order valence-corrected chi connectivity index (χ1v) is 14.4. The van der Waals surface area contributed by atoms with Crippen molar-refractivity contribution in [1.29, 1.82) is 0 Å². The smallest absolute Gasteiger partial charge is 0.251 e. The quantitative estimate of drug-likeness (QED) is 0.372. The van der Waals surface area contributed by atoms with Gasteiger partial charge in [0.2, 0.25) is 10.0 Å². The van der Waals surface area contributed by atoms with Crippen LogP contribution < -0.4 is 10.0 Å². The molecule has 0 atom stereocenters. The third-order valence-corrected chi connectivity index (χ3v) is 7.60. The molecule has 2 aliphatic carbocycles. The number of sulfonamides is 1. The molecule has 8 nitrogen and oxygen atoms in total. The van der Waals surface area contributed by atoms with Gasteiger partial charge in [0, 0.05) is 45.4 Å². The Morgan fingerprint density at radius 1 is 1.08 bits per heavy atom. The lowest BCUT2D eigenvalue weighted by molar-refractivity contribution is 0.0950. The van der Waals surface area contributed by atoms with Gasteiger partial charge in [-0.3, -0.25) is 14.3 Å².